The highest BCUT2D eigenvalue weighted by molar-refractivity contribution is 9.08. The molecule has 0 atom stereocenters. The van der Waals surface area contributed by atoms with Crippen molar-refractivity contribution in [2.75, 3.05) is 0 Å². The van der Waals surface area contributed by atoms with Gasteiger partial charge in [0.1, 0.15) is 10.5 Å². The molecule has 0 unspecified atom stereocenters. The molecule has 0 aliphatic carbocycles. The highest BCUT2D eigenvalue weighted by Gasteiger charge is 2.18. The fraction of sp³-hybridized carbons (Fsp3) is 0.150. The standard InChI is InChI=1S/C20H15BrClN3OS2/c1-2-12-6-8-14(9-7-12)24-16(11-21)23-18-17(19(24)26)28-20(27)25(18)15-5-3-4-13(22)10-15/h3-10H,2,11H2,1H3. The van der Waals surface area contributed by atoms with E-state index in [9.17, 15) is 4.79 Å². The van der Waals surface area contributed by atoms with Gasteiger partial charge in [0.15, 0.2) is 9.60 Å². The molecule has 0 spiro atoms. The summed E-state index contributed by atoms with van der Waals surface area (Å²) in [4.78, 5) is 18.1. The Bertz CT molecular complexity index is 1290. The molecule has 0 saturated carbocycles. The van der Waals surface area contributed by atoms with Gasteiger partial charge < -0.3 is 0 Å². The number of thiazole rings is 1. The van der Waals surface area contributed by atoms with E-state index in [0.717, 1.165) is 17.8 Å². The average molecular weight is 493 g/mol. The summed E-state index contributed by atoms with van der Waals surface area (Å²) in [7, 11) is 0. The van der Waals surface area contributed by atoms with Crippen molar-refractivity contribution < 1.29 is 0 Å². The lowest BCUT2D eigenvalue weighted by Crippen LogP contribution is -2.23. The second-order valence-corrected chi connectivity index (χ2v) is 8.80. The van der Waals surface area contributed by atoms with Gasteiger partial charge in [-0.2, -0.15) is 0 Å². The molecular weight excluding hydrogens is 478 g/mol. The number of nitrogens with zero attached hydrogens (tertiary/aromatic N) is 3. The molecule has 28 heavy (non-hydrogen) atoms. The Balaban J connectivity index is 2.01. The first kappa shape index (κ1) is 19.5. The molecule has 142 valence electrons. The first-order chi connectivity index (χ1) is 13.5. The maximum absolute atomic E-state index is 13.4. The highest BCUT2D eigenvalue weighted by atomic mass is 79.9. The van der Waals surface area contributed by atoms with Crippen LogP contribution < -0.4 is 5.56 Å². The van der Waals surface area contributed by atoms with Crippen LogP contribution in [-0.2, 0) is 11.8 Å². The zero-order chi connectivity index (χ0) is 19.8. The van der Waals surface area contributed by atoms with Gasteiger partial charge in [-0.1, -0.05) is 64.0 Å². The molecule has 0 bridgehead atoms. The fourth-order valence-corrected chi connectivity index (χ4v) is 4.94. The second kappa shape index (κ2) is 7.91. The lowest BCUT2D eigenvalue weighted by atomic mass is 10.1. The predicted octanol–water partition coefficient (Wildman–Crippen LogP) is 6.08. The van der Waals surface area contributed by atoms with Crippen LogP contribution in [0.3, 0.4) is 0 Å². The van der Waals surface area contributed by atoms with E-state index in [2.05, 4.69) is 22.9 Å². The topological polar surface area (TPSA) is 39.8 Å². The number of alkyl halides is 1. The Labute approximate surface area is 184 Å². The lowest BCUT2D eigenvalue weighted by Gasteiger charge is -2.12. The van der Waals surface area contributed by atoms with Crippen molar-refractivity contribution >= 4 is 61.4 Å². The fourth-order valence-electron chi connectivity index (χ4n) is 3.08. The van der Waals surface area contributed by atoms with E-state index in [-0.39, 0.29) is 5.56 Å². The van der Waals surface area contributed by atoms with Crippen LogP contribution in [0.4, 0.5) is 0 Å². The molecule has 0 aliphatic heterocycles. The smallest absolute Gasteiger partial charge is 0.275 e. The summed E-state index contributed by atoms with van der Waals surface area (Å²) in [5.74, 6) is 0.616. The van der Waals surface area contributed by atoms with Crippen LogP contribution in [0.5, 0.6) is 0 Å². The molecule has 0 amide bonds. The number of aromatic nitrogens is 3. The summed E-state index contributed by atoms with van der Waals surface area (Å²) in [6, 6.07) is 15.3. The van der Waals surface area contributed by atoms with Gasteiger partial charge in [-0.3, -0.25) is 13.9 Å². The Kier molecular flexibility index (Phi) is 5.51. The highest BCUT2D eigenvalue weighted by Crippen LogP contribution is 2.26. The van der Waals surface area contributed by atoms with E-state index in [1.54, 1.807) is 15.2 Å². The Morgan fingerprint density at radius 1 is 1.14 bits per heavy atom. The zero-order valence-electron chi connectivity index (χ0n) is 14.9. The minimum Gasteiger partial charge on any atom is -0.275 e. The number of benzene rings is 2. The van der Waals surface area contributed by atoms with E-state index < -0.39 is 0 Å². The summed E-state index contributed by atoms with van der Waals surface area (Å²) in [5, 5.41) is 1.04. The molecule has 0 N–H and O–H groups in total. The van der Waals surface area contributed by atoms with E-state index in [1.807, 2.05) is 42.5 Å². The summed E-state index contributed by atoms with van der Waals surface area (Å²) in [6.45, 7) is 2.10. The summed E-state index contributed by atoms with van der Waals surface area (Å²) in [6.07, 6.45) is 0.946. The molecular formula is C20H15BrClN3OS2. The molecule has 0 fully saturated rings. The van der Waals surface area contributed by atoms with Gasteiger partial charge in [-0.15, -0.1) is 0 Å². The maximum atomic E-state index is 13.4. The van der Waals surface area contributed by atoms with Gasteiger partial charge in [-0.05, 0) is 54.5 Å². The van der Waals surface area contributed by atoms with Crippen LogP contribution in [0.2, 0.25) is 5.02 Å². The van der Waals surface area contributed by atoms with Gasteiger partial charge in [0.05, 0.1) is 16.7 Å². The Morgan fingerprint density at radius 2 is 1.89 bits per heavy atom. The maximum Gasteiger partial charge on any atom is 0.277 e. The Hall–Kier alpha value is -1.80. The summed E-state index contributed by atoms with van der Waals surface area (Å²) >= 11 is 16.4. The van der Waals surface area contributed by atoms with Crippen molar-refractivity contribution in [3.05, 3.63) is 79.2 Å². The molecule has 4 rings (SSSR count). The quantitative estimate of drug-likeness (QED) is 0.256. The summed E-state index contributed by atoms with van der Waals surface area (Å²) in [5.41, 5.74) is 3.23. The van der Waals surface area contributed by atoms with Crippen molar-refractivity contribution in [1.29, 1.82) is 0 Å². The van der Waals surface area contributed by atoms with Gasteiger partial charge in [-0.25, -0.2) is 4.98 Å². The molecule has 2 aromatic heterocycles. The van der Waals surface area contributed by atoms with Gasteiger partial charge in [0.25, 0.3) is 5.56 Å². The lowest BCUT2D eigenvalue weighted by molar-refractivity contribution is 0.877. The molecule has 8 heteroatoms. The first-order valence-corrected chi connectivity index (χ1v) is 11.3. The molecule has 0 saturated heterocycles. The molecule has 4 aromatic rings. The number of fused-ring (bicyclic) bond motifs is 1. The van der Waals surface area contributed by atoms with Crippen LogP contribution in [-0.4, -0.2) is 14.1 Å². The van der Waals surface area contributed by atoms with Crippen LogP contribution in [0.1, 0.15) is 18.3 Å². The van der Waals surface area contributed by atoms with Crippen molar-refractivity contribution in [3.8, 4) is 11.4 Å². The van der Waals surface area contributed by atoms with Crippen LogP contribution in [0, 0.1) is 3.95 Å². The minimum atomic E-state index is -0.124. The molecule has 2 aromatic carbocycles. The van der Waals surface area contributed by atoms with Gasteiger partial charge >= 0.3 is 0 Å². The SMILES string of the molecule is CCc1ccc(-n2c(CBr)nc3c(sc(=S)n3-c3cccc(Cl)c3)c2=O)cc1. The number of hydrogen-bond acceptors (Lipinski definition) is 4. The third kappa shape index (κ3) is 3.37. The second-order valence-electron chi connectivity index (χ2n) is 6.16. The first-order valence-electron chi connectivity index (χ1n) is 8.62. The Morgan fingerprint density at radius 3 is 2.54 bits per heavy atom. The van der Waals surface area contributed by atoms with Crippen molar-refractivity contribution in [2.45, 2.75) is 18.7 Å². The summed E-state index contributed by atoms with van der Waals surface area (Å²) < 4.78 is 4.53. The number of halogens is 2. The number of hydrogen-bond donors (Lipinski definition) is 0. The van der Waals surface area contributed by atoms with Crippen molar-refractivity contribution in [3.63, 3.8) is 0 Å². The molecule has 0 aliphatic rings. The van der Waals surface area contributed by atoms with E-state index in [1.165, 1.54) is 16.9 Å². The zero-order valence-corrected chi connectivity index (χ0v) is 18.8. The van der Waals surface area contributed by atoms with Crippen molar-refractivity contribution in [2.24, 2.45) is 0 Å². The van der Waals surface area contributed by atoms with E-state index in [4.69, 9.17) is 28.8 Å². The van der Waals surface area contributed by atoms with E-state index in [0.29, 0.717) is 30.5 Å². The normalized spacial score (nSPS) is 11.2. The van der Waals surface area contributed by atoms with Crippen LogP contribution >= 0.6 is 51.1 Å². The van der Waals surface area contributed by atoms with Gasteiger partial charge in [0.2, 0.25) is 0 Å². The van der Waals surface area contributed by atoms with Crippen LogP contribution in [0.15, 0.2) is 53.3 Å². The average Bonchev–Trinajstić information content (AvgIpc) is 3.04. The van der Waals surface area contributed by atoms with Crippen LogP contribution in [0.25, 0.3) is 21.7 Å². The van der Waals surface area contributed by atoms with Crippen molar-refractivity contribution in [1.82, 2.24) is 14.1 Å². The molecule has 4 nitrogen and oxygen atoms in total. The van der Waals surface area contributed by atoms with E-state index >= 15 is 0 Å². The minimum absolute atomic E-state index is 0.124. The third-order valence-electron chi connectivity index (χ3n) is 4.47. The van der Waals surface area contributed by atoms with Gasteiger partial charge in [0, 0.05) is 5.02 Å². The monoisotopic (exact) mass is 491 g/mol. The predicted molar refractivity (Wildman–Crippen MR) is 122 cm³/mol. The molecule has 0 radical (unpaired) electrons. The number of rotatable bonds is 4. The largest absolute Gasteiger partial charge is 0.277 e. The number of aryl methyl sites for hydroxylation is 1. The molecule has 2 heterocycles. The third-order valence-corrected chi connectivity index (χ3v) is 6.55.